The van der Waals surface area contributed by atoms with Crippen molar-refractivity contribution in [3.63, 3.8) is 0 Å². The van der Waals surface area contributed by atoms with Crippen LogP contribution in [0.2, 0.25) is 0 Å². The van der Waals surface area contributed by atoms with E-state index in [1.54, 1.807) is 25.7 Å². The van der Waals surface area contributed by atoms with Gasteiger partial charge in [-0.3, -0.25) is 9.59 Å². The van der Waals surface area contributed by atoms with Crippen LogP contribution in [0.15, 0.2) is 60.7 Å². The van der Waals surface area contributed by atoms with Crippen LogP contribution in [0, 0.1) is 0 Å². The summed E-state index contributed by atoms with van der Waals surface area (Å²) in [6, 6.07) is 17.3. The molecule has 0 saturated carbocycles. The third-order valence-corrected chi connectivity index (χ3v) is 6.84. The zero-order valence-electron chi connectivity index (χ0n) is 25.9. The highest BCUT2D eigenvalue weighted by atomic mass is 16.6. The molecule has 0 heterocycles. The second-order valence-corrected chi connectivity index (χ2v) is 11.8. The van der Waals surface area contributed by atoms with E-state index in [4.69, 9.17) is 4.74 Å². The summed E-state index contributed by atoms with van der Waals surface area (Å²) in [4.78, 5) is 43.0. The molecule has 2 aromatic rings. The quantitative estimate of drug-likeness (QED) is 0.215. The maximum absolute atomic E-state index is 14.5. The predicted octanol–water partition coefficient (Wildman–Crippen LogP) is 6.97. The summed E-state index contributed by atoms with van der Waals surface area (Å²) in [6.45, 7) is 12.0. The summed E-state index contributed by atoms with van der Waals surface area (Å²) >= 11 is 0. The van der Waals surface area contributed by atoms with E-state index in [9.17, 15) is 14.4 Å². The fourth-order valence-electron chi connectivity index (χ4n) is 4.89. The minimum absolute atomic E-state index is 0.0276. The largest absolute Gasteiger partial charge is 0.444 e. The molecule has 7 nitrogen and oxygen atoms in total. The normalized spacial score (nSPS) is 13.5. The van der Waals surface area contributed by atoms with Gasteiger partial charge in [0, 0.05) is 19.0 Å². The first-order chi connectivity index (χ1) is 19.6. The van der Waals surface area contributed by atoms with Crippen molar-refractivity contribution in [1.29, 1.82) is 0 Å². The van der Waals surface area contributed by atoms with Crippen molar-refractivity contribution in [1.82, 2.24) is 15.5 Å². The molecule has 0 aliphatic carbocycles. The van der Waals surface area contributed by atoms with Gasteiger partial charge in [0.05, 0.1) is 0 Å². The minimum Gasteiger partial charge on any atom is -0.444 e. The van der Waals surface area contributed by atoms with Gasteiger partial charge in [0.25, 0.3) is 0 Å². The van der Waals surface area contributed by atoms with Crippen molar-refractivity contribution >= 4 is 17.9 Å². The van der Waals surface area contributed by atoms with Crippen molar-refractivity contribution < 1.29 is 19.1 Å². The Kier molecular flexibility index (Phi) is 14.4. The Bertz CT molecular complexity index is 1050. The van der Waals surface area contributed by atoms with Gasteiger partial charge in [-0.05, 0) is 51.7 Å². The predicted molar refractivity (Wildman–Crippen MR) is 165 cm³/mol. The van der Waals surface area contributed by atoms with Gasteiger partial charge in [0.2, 0.25) is 11.8 Å². The van der Waals surface area contributed by atoms with Crippen LogP contribution in [0.5, 0.6) is 0 Å². The number of hydrogen-bond acceptors (Lipinski definition) is 4. The number of rotatable bonds is 16. The zero-order chi connectivity index (χ0) is 30.3. The first-order valence-corrected chi connectivity index (χ1v) is 15.2. The van der Waals surface area contributed by atoms with Gasteiger partial charge in [-0.2, -0.15) is 0 Å². The van der Waals surface area contributed by atoms with E-state index in [1.807, 2.05) is 67.6 Å². The highest BCUT2D eigenvalue weighted by Gasteiger charge is 2.36. The third kappa shape index (κ3) is 12.4. The lowest BCUT2D eigenvalue weighted by molar-refractivity contribution is -0.142. The summed E-state index contributed by atoms with van der Waals surface area (Å²) in [7, 11) is 0. The molecule has 3 amide bonds. The molecule has 3 atom stereocenters. The van der Waals surface area contributed by atoms with E-state index in [0.29, 0.717) is 6.54 Å². The van der Waals surface area contributed by atoms with Gasteiger partial charge in [0.15, 0.2) is 0 Å². The summed E-state index contributed by atoms with van der Waals surface area (Å²) in [5.41, 5.74) is 0.930. The van der Waals surface area contributed by atoms with Crippen LogP contribution in [0.4, 0.5) is 4.79 Å². The molecule has 0 spiro atoms. The molecule has 41 heavy (non-hydrogen) atoms. The van der Waals surface area contributed by atoms with Gasteiger partial charge in [-0.15, -0.1) is 0 Å². The molecule has 0 fully saturated rings. The Labute approximate surface area is 247 Å². The van der Waals surface area contributed by atoms with E-state index in [2.05, 4.69) is 24.5 Å². The van der Waals surface area contributed by atoms with E-state index >= 15 is 0 Å². The first-order valence-electron chi connectivity index (χ1n) is 15.2. The Morgan fingerprint density at radius 1 is 0.829 bits per heavy atom. The lowest BCUT2D eigenvalue weighted by atomic mass is 9.99. The van der Waals surface area contributed by atoms with Crippen LogP contribution < -0.4 is 10.6 Å². The fourth-order valence-corrected chi connectivity index (χ4v) is 4.89. The smallest absolute Gasteiger partial charge is 0.408 e. The maximum Gasteiger partial charge on any atom is 0.408 e. The van der Waals surface area contributed by atoms with Crippen molar-refractivity contribution in [2.45, 2.75) is 117 Å². The monoisotopic (exact) mass is 565 g/mol. The lowest BCUT2D eigenvalue weighted by Crippen LogP contribution is -2.54. The van der Waals surface area contributed by atoms with Crippen molar-refractivity contribution in [2.24, 2.45) is 0 Å². The highest BCUT2D eigenvalue weighted by molar-refractivity contribution is 5.92. The average Bonchev–Trinajstić information content (AvgIpc) is 2.91. The van der Waals surface area contributed by atoms with E-state index in [0.717, 1.165) is 56.1 Å². The Hall–Kier alpha value is -3.35. The topological polar surface area (TPSA) is 87.7 Å². The molecule has 0 saturated heterocycles. The number of nitrogens with one attached hydrogen (secondary N) is 2. The molecule has 0 aromatic heterocycles. The number of carbonyl (C=O) groups is 3. The minimum atomic E-state index is -0.907. The van der Waals surface area contributed by atoms with Crippen LogP contribution in [0.25, 0.3) is 0 Å². The maximum atomic E-state index is 14.5. The molecular formula is C34H51N3O4. The van der Waals surface area contributed by atoms with Gasteiger partial charge in [-0.1, -0.05) is 107 Å². The molecular weight excluding hydrogens is 514 g/mol. The third-order valence-electron chi connectivity index (χ3n) is 6.84. The van der Waals surface area contributed by atoms with Crippen LogP contribution in [0.1, 0.15) is 104 Å². The van der Waals surface area contributed by atoms with Crippen molar-refractivity contribution in [2.75, 3.05) is 6.54 Å². The number of carbonyl (C=O) groups excluding carboxylic acids is 3. The molecule has 7 heteroatoms. The Balaban J connectivity index is 2.50. The second-order valence-electron chi connectivity index (χ2n) is 11.8. The highest BCUT2D eigenvalue weighted by Crippen LogP contribution is 2.25. The van der Waals surface area contributed by atoms with Gasteiger partial charge in [-0.25, -0.2) is 4.79 Å². The molecule has 0 aliphatic rings. The second kappa shape index (κ2) is 17.5. The van der Waals surface area contributed by atoms with Gasteiger partial charge in [0.1, 0.15) is 17.7 Å². The van der Waals surface area contributed by atoms with Gasteiger partial charge < -0.3 is 20.3 Å². The number of unbranched alkanes of at least 4 members (excludes halogenated alkanes) is 4. The van der Waals surface area contributed by atoms with Crippen LogP contribution in [-0.2, 0) is 20.7 Å². The number of nitrogens with zero attached hydrogens (tertiary/aromatic N) is 1. The fraction of sp³-hybridized carbons (Fsp3) is 0.559. The molecule has 2 N–H and O–H groups in total. The number of amides is 3. The average molecular weight is 566 g/mol. The van der Waals surface area contributed by atoms with E-state index < -0.39 is 23.8 Å². The summed E-state index contributed by atoms with van der Waals surface area (Å²) in [6.07, 6.45) is 6.43. The number of ether oxygens (including phenoxy) is 1. The molecule has 0 aliphatic heterocycles. The SMILES string of the molecule is CCCCCCCN(C(=O)C(Cc1ccccc1)NC(=O)OC(C)(C)C)C(C(=O)NC(C)CCC)c1ccccc1. The van der Waals surface area contributed by atoms with E-state index in [-0.39, 0.29) is 24.3 Å². The Morgan fingerprint density at radius 3 is 2.02 bits per heavy atom. The molecule has 2 rings (SSSR count). The lowest BCUT2D eigenvalue weighted by Gasteiger charge is -2.35. The molecule has 2 aromatic carbocycles. The van der Waals surface area contributed by atoms with Crippen LogP contribution in [-0.4, -0.2) is 47.0 Å². The number of alkyl carbamates (subject to hydrolysis) is 1. The molecule has 226 valence electrons. The van der Waals surface area contributed by atoms with Crippen molar-refractivity contribution in [3.05, 3.63) is 71.8 Å². The summed E-state index contributed by atoms with van der Waals surface area (Å²) in [5, 5.41) is 5.98. The van der Waals surface area contributed by atoms with Crippen molar-refractivity contribution in [3.8, 4) is 0 Å². The molecule has 0 radical (unpaired) electrons. The Morgan fingerprint density at radius 2 is 1.44 bits per heavy atom. The first kappa shape index (κ1) is 33.9. The summed E-state index contributed by atoms with van der Waals surface area (Å²) in [5.74, 6) is -0.517. The summed E-state index contributed by atoms with van der Waals surface area (Å²) < 4.78 is 5.53. The van der Waals surface area contributed by atoms with Gasteiger partial charge >= 0.3 is 6.09 Å². The number of hydrogen-bond donors (Lipinski definition) is 2. The van der Waals surface area contributed by atoms with E-state index in [1.165, 1.54) is 0 Å². The van der Waals surface area contributed by atoms with Crippen LogP contribution in [0.3, 0.4) is 0 Å². The number of benzene rings is 2. The standard InChI is InChI=1S/C34H51N3O4/c1-7-9-10-11-18-24-37(30(28-22-16-13-17-23-28)31(38)35-26(3)19-8-2)32(39)29(25-27-20-14-12-15-21-27)36-33(40)41-34(4,5)6/h12-17,20-23,26,29-30H,7-11,18-19,24-25H2,1-6H3,(H,35,38)(H,36,40). The zero-order valence-corrected chi connectivity index (χ0v) is 25.9. The molecule has 0 bridgehead atoms. The molecule has 3 unspecified atom stereocenters. The van der Waals surface area contributed by atoms with Crippen LogP contribution >= 0.6 is 0 Å².